The van der Waals surface area contributed by atoms with Gasteiger partial charge in [0.2, 0.25) is 0 Å². The van der Waals surface area contributed by atoms with Gasteiger partial charge in [0.05, 0.1) is 0 Å². The molecule has 0 heterocycles. The number of hydrogen-bond acceptors (Lipinski definition) is 5. The highest BCUT2D eigenvalue weighted by Crippen LogP contribution is 2.10. The van der Waals surface area contributed by atoms with Crippen molar-refractivity contribution in [1.29, 1.82) is 0 Å². The van der Waals surface area contributed by atoms with E-state index < -0.39 is 17.4 Å². The van der Waals surface area contributed by atoms with Crippen molar-refractivity contribution in [2.24, 2.45) is 0 Å². The zero-order valence-corrected chi connectivity index (χ0v) is 9.54. The second-order valence-electron chi connectivity index (χ2n) is 4.81. The summed E-state index contributed by atoms with van der Waals surface area (Å²) in [6.07, 6.45) is -1.02. The monoisotopic (exact) mass is 206 g/mol. The Morgan fingerprint density at radius 1 is 0.786 bits per heavy atom. The van der Waals surface area contributed by atoms with Gasteiger partial charge in [0.15, 0.2) is 0 Å². The predicted octanol–water partition coefficient (Wildman–Crippen LogP) is 2.60. The van der Waals surface area contributed by atoms with E-state index in [-0.39, 0.29) is 0 Å². The zero-order chi connectivity index (χ0) is 11.4. The molecule has 0 fully saturated rings. The van der Waals surface area contributed by atoms with Crippen LogP contribution in [0.15, 0.2) is 0 Å². The molecule has 0 saturated heterocycles. The lowest BCUT2D eigenvalue weighted by atomic mass is 10.2. The highest BCUT2D eigenvalue weighted by atomic mass is 17.3. The lowest BCUT2D eigenvalue weighted by molar-refractivity contribution is -0.370. The van der Waals surface area contributed by atoms with Crippen LogP contribution in [0.5, 0.6) is 0 Å². The minimum absolute atomic E-state index is 0.569. The summed E-state index contributed by atoms with van der Waals surface area (Å²) in [5, 5.41) is 0. The standard InChI is InChI=1S/C9H18O5/c1-8(2,3)13-11-7(10)12-14-9(4,5)6/h1-6H3. The van der Waals surface area contributed by atoms with E-state index in [1.165, 1.54) is 0 Å². The molecular formula is C9H18O5. The summed E-state index contributed by atoms with van der Waals surface area (Å²) >= 11 is 0. The molecule has 84 valence electrons. The fraction of sp³-hybridized carbons (Fsp3) is 0.889. The molecule has 5 heteroatoms. The fourth-order valence-electron chi connectivity index (χ4n) is 0.332. The highest BCUT2D eigenvalue weighted by molar-refractivity contribution is 5.58. The van der Waals surface area contributed by atoms with Crippen molar-refractivity contribution in [3.63, 3.8) is 0 Å². The van der Waals surface area contributed by atoms with Crippen molar-refractivity contribution in [2.75, 3.05) is 0 Å². The van der Waals surface area contributed by atoms with Crippen molar-refractivity contribution in [3.05, 3.63) is 0 Å². The first kappa shape index (κ1) is 13.2. The molecule has 0 spiro atoms. The van der Waals surface area contributed by atoms with Gasteiger partial charge in [-0.05, 0) is 41.5 Å². The Bertz CT molecular complexity index is 166. The van der Waals surface area contributed by atoms with Crippen LogP contribution in [0.25, 0.3) is 0 Å². The van der Waals surface area contributed by atoms with Crippen molar-refractivity contribution in [1.82, 2.24) is 0 Å². The summed E-state index contributed by atoms with van der Waals surface area (Å²) in [5.41, 5.74) is -1.14. The Morgan fingerprint density at radius 3 is 1.29 bits per heavy atom. The van der Waals surface area contributed by atoms with E-state index in [0.29, 0.717) is 0 Å². The number of carbonyl (C=O) groups excluding carboxylic acids is 1. The second-order valence-corrected chi connectivity index (χ2v) is 4.81. The van der Waals surface area contributed by atoms with Gasteiger partial charge in [0.25, 0.3) is 0 Å². The van der Waals surface area contributed by atoms with Crippen molar-refractivity contribution < 1.29 is 24.3 Å². The van der Waals surface area contributed by atoms with Gasteiger partial charge in [-0.25, -0.2) is 0 Å². The van der Waals surface area contributed by atoms with E-state index >= 15 is 0 Å². The Hall–Kier alpha value is -0.810. The molecule has 14 heavy (non-hydrogen) atoms. The molecule has 0 aliphatic rings. The molecule has 0 amide bonds. The van der Waals surface area contributed by atoms with Crippen molar-refractivity contribution >= 4 is 6.16 Å². The molecule has 0 radical (unpaired) electrons. The highest BCUT2D eigenvalue weighted by Gasteiger charge is 2.19. The SMILES string of the molecule is CC(C)(C)OOC(=O)OOC(C)(C)C. The first-order valence-electron chi connectivity index (χ1n) is 4.35. The van der Waals surface area contributed by atoms with Gasteiger partial charge in [-0.3, -0.25) is 9.78 Å². The Kier molecular flexibility index (Phi) is 4.35. The summed E-state index contributed by atoms with van der Waals surface area (Å²) in [6.45, 7) is 10.4. The van der Waals surface area contributed by atoms with Crippen LogP contribution < -0.4 is 0 Å². The summed E-state index contributed by atoms with van der Waals surface area (Å²) < 4.78 is 0. The summed E-state index contributed by atoms with van der Waals surface area (Å²) in [5.74, 6) is 0. The van der Waals surface area contributed by atoms with Gasteiger partial charge in [0.1, 0.15) is 11.2 Å². The normalized spacial score (nSPS) is 12.4. The predicted molar refractivity (Wildman–Crippen MR) is 49.2 cm³/mol. The van der Waals surface area contributed by atoms with Crippen LogP contribution in [-0.2, 0) is 19.6 Å². The molecule has 0 aromatic rings. The average molecular weight is 206 g/mol. The number of carbonyl (C=O) groups is 1. The quantitative estimate of drug-likeness (QED) is 0.513. The lowest BCUT2D eigenvalue weighted by Gasteiger charge is -2.18. The van der Waals surface area contributed by atoms with Gasteiger partial charge >= 0.3 is 6.16 Å². The molecule has 0 aliphatic carbocycles. The van der Waals surface area contributed by atoms with Gasteiger partial charge in [-0.1, -0.05) is 0 Å². The molecular weight excluding hydrogens is 188 g/mol. The van der Waals surface area contributed by atoms with Gasteiger partial charge in [-0.15, -0.1) is 0 Å². The van der Waals surface area contributed by atoms with Crippen LogP contribution >= 0.6 is 0 Å². The van der Waals surface area contributed by atoms with Crippen LogP contribution in [0.3, 0.4) is 0 Å². The maximum Gasteiger partial charge on any atom is 0.573 e. The molecule has 0 unspecified atom stereocenters. The van der Waals surface area contributed by atoms with E-state index in [1.54, 1.807) is 41.5 Å². The fourth-order valence-corrected chi connectivity index (χ4v) is 0.332. The average Bonchev–Trinajstić information content (AvgIpc) is 1.94. The van der Waals surface area contributed by atoms with E-state index in [4.69, 9.17) is 9.78 Å². The largest absolute Gasteiger partial charge is 0.573 e. The molecule has 5 nitrogen and oxygen atoms in total. The molecule has 0 atom stereocenters. The topological polar surface area (TPSA) is 54.0 Å². The first-order chi connectivity index (χ1) is 6.10. The van der Waals surface area contributed by atoms with Crippen LogP contribution in [0, 0.1) is 0 Å². The summed E-state index contributed by atoms with van der Waals surface area (Å²) in [4.78, 5) is 28.9. The van der Waals surface area contributed by atoms with Crippen molar-refractivity contribution in [3.8, 4) is 0 Å². The van der Waals surface area contributed by atoms with Gasteiger partial charge < -0.3 is 0 Å². The smallest absolute Gasteiger partial charge is 0.257 e. The Morgan fingerprint density at radius 2 is 1.07 bits per heavy atom. The summed E-state index contributed by atoms with van der Waals surface area (Å²) in [7, 11) is 0. The van der Waals surface area contributed by atoms with E-state index in [9.17, 15) is 4.79 Å². The molecule has 0 aliphatic heterocycles. The maximum absolute atomic E-state index is 10.8. The van der Waals surface area contributed by atoms with E-state index in [2.05, 4.69) is 9.78 Å². The maximum atomic E-state index is 10.8. The third-order valence-electron chi connectivity index (χ3n) is 0.719. The molecule has 0 saturated carbocycles. The van der Waals surface area contributed by atoms with E-state index in [1.807, 2.05) is 0 Å². The summed E-state index contributed by atoms with van der Waals surface area (Å²) in [6, 6.07) is 0. The number of hydrogen-bond donors (Lipinski definition) is 0. The van der Waals surface area contributed by atoms with Crippen LogP contribution in [0.4, 0.5) is 4.79 Å². The van der Waals surface area contributed by atoms with Crippen LogP contribution in [0.1, 0.15) is 41.5 Å². The lowest BCUT2D eigenvalue weighted by Crippen LogP contribution is -2.25. The van der Waals surface area contributed by atoms with Crippen LogP contribution in [0.2, 0.25) is 0 Å². The molecule has 0 aromatic carbocycles. The van der Waals surface area contributed by atoms with Crippen molar-refractivity contribution in [2.45, 2.75) is 52.7 Å². The minimum Gasteiger partial charge on any atom is -0.257 e. The Labute approximate surface area is 84.1 Å². The zero-order valence-electron chi connectivity index (χ0n) is 9.54. The molecule has 0 aromatic heterocycles. The number of rotatable bonds is 2. The minimum atomic E-state index is -1.02. The van der Waals surface area contributed by atoms with Gasteiger partial charge in [0, 0.05) is 0 Å². The molecule has 0 bridgehead atoms. The first-order valence-corrected chi connectivity index (χ1v) is 4.35. The Balaban J connectivity index is 3.68. The molecule has 0 N–H and O–H groups in total. The second kappa shape index (κ2) is 4.61. The van der Waals surface area contributed by atoms with Gasteiger partial charge in [-0.2, -0.15) is 14.6 Å². The third-order valence-corrected chi connectivity index (χ3v) is 0.719. The van der Waals surface area contributed by atoms with E-state index in [0.717, 1.165) is 0 Å². The third kappa shape index (κ3) is 9.28. The molecule has 0 rings (SSSR count). The van der Waals surface area contributed by atoms with Crippen LogP contribution in [-0.4, -0.2) is 17.4 Å².